The van der Waals surface area contributed by atoms with Gasteiger partial charge >= 0.3 is 0 Å². The van der Waals surface area contributed by atoms with Crippen LogP contribution in [0.25, 0.3) is 11.2 Å². The Labute approximate surface area is 112 Å². The van der Waals surface area contributed by atoms with E-state index in [1.807, 2.05) is 0 Å². The number of nitrogens with two attached hydrogens (primary N) is 1. The minimum absolute atomic E-state index is 0.0118. The lowest BCUT2D eigenvalue weighted by atomic mass is 10.3. The molecule has 100 valence electrons. The van der Waals surface area contributed by atoms with Crippen molar-refractivity contribution in [3.05, 3.63) is 52.8 Å². The van der Waals surface area contributed by atoms with E-state index in [2.05, 4.69) is 15.0 Å². The molecule has 0 spiro atoms. The zero-order valence-corrected chi connectivity index (χ0v) is 10.1. The van der Waals surface area contributed by atoms with Gasteiger partial charge in [0.1, 0.15) is 5.52 Å². The molecule has 0 amide bonds. The molecule has 1 aromatic carbocycles. The average Bonchev–Trinajstić information content (AvgIpc) is 2.44. The van der Waals surface area contributed by atoms with Crippen LogP contribution in [0.2, 0.25) is 0 Å². The molecule has 0 radical (unpaired) electrons. The largest absolute Gasteiger partial charge is 0.452 e. The molecular formula is C13H9FN4O2. The number of halogens is 1. The van der Waals surface area contributed by atoms with Gasteiger partial charge in [0.2, 0.25) is 0 Å². The van der Waals surface area contributed by atoms with Gasteiger partial charge in [-0.2, -0.15) is 0 Å². The third-order valence-corrected chi connectivity index (χ3v) is 2.65. The van der Waals surface area contributed by atoms with Crippen LogP contribution in [0, 0.1) is 5.82 Å². The third-order valence-electron chi connectivity index (χ3n) is 2.65. The lowest BCUT2D eigenvalue weighted by Crippen LogP contribution is -2.06. The van der Waals surface area contributed by atoms with Crippen LogP contribution >= 0.6 is 0 Å². The van der Waals surface area contributed by atoms with E-state index in [4.69, 9.17) is 10.5 Å². The maximum absolute atomic E-state index is 13.8. The van der Waals surface area contributed by atoms with Crippen molar-refractivity contribution >= 4 is 16.9 Å². The first-order valence-electron chi connectivity index (χ1n) is 5.71. The summed E-state index contributed by atoms with van der Waals surface area (Å²) in [4.78, 5) is 21.6. The Morgan fingerprint density at radius 1 is 1.20 bits per heavy atom. The zero-order chi connectivity index (χ0) is 14.1. The molecule has 20 heavy (non-hydrogen) atoms. The third kappa shape index (κ3) is 2.05. The highest BCUT2D eigenvalue weighted by Crippen LogP contribution is 2.29. The summed E-state index contributed by atoms with van der Waals surface area (Å²) in [6, 6.07) is 5.98. The average molecular weight is 272 g/mol. The van der Waals surface area contributed by atoms with Crippen LogP contribution in [-0.2, 0) is 0 Å². The first-order chi connectivity index (χ1) is 9.65. The summed E-state index contributed by atoms with van der Waals surface area (Å²) in [6.07, 6.45) is 2.53. The quantitative estimate of drug-likeness (QED) is 0.694. The van der Waals surface area contributed by atoms with Crippen molar-refractivity contribution in [3.8, 4) is 11.5 Å². The predicted octanol–water partition coefficient (Wildman–Crippen LogP) is 1.83. The molecule has 0 saturated carbocycles. The van der Waals surface area contributed by atoms with Gasteiger partial charge in [0, 0.05) is 12.3 Å². The normalized spacial score (nSPS) is 10.7. The van der Waals surface area contributed by atoms with Crippen molar-refractivity contribution in [3.63, 3.8) is 0 Å². The number of aromatic nitrogens is 3. The minimum Gasteiger partial charge on any atom is -0.452 e. The summed E-state index contributed by atoms with van der Waals surface area (Å²) in [5.74, 6) is -0.400. The topological polar surface area (TPSA) is 93.9 Å². The molecule has 0 fully saturated rings. The van der Waals surface area contributed by atoms with Crippen LogP contribution in [-0.4, -0.2) is 15.0 Å². The molecule has 0 saturated heterocycles. The van der Waals surface area contributed by atoms with Gasteiger partial charge in [0.15, 0.2) is 23.0 Å². The highest BCUT2D eigenvalue weighted by Gasteiger charge is 2.11. The van der Waals surface area contributed by atoms with Crippen molar-refractivity contribution in [2.24, 2.45) is 0 Å². The van der Waals surface area contributed by atoms with Crippen molar-refractivity contribution in [1.82, 2.24) is 15.0 Å². The second kappa shape index (κ2) is 4.61. The number of H-pyrrole nitrogens is 1. The SMILES string of the molecule is Nc1cccc(Oc2ccnc3[nH]c(=O)cnc23)c1F. The second-order valence-corrected chi connectivity index (χ2v) is 4.02. The van der Waals surface area contributed by atoms with Crippen LogP contribution in [0.3, 0.4) is 0 Å². The van der Waals surface area contributed by atoms with E-state index in [1.54, 1.807) is 6.07 Å². The van der Waals surface area contributed by atoms with E-state index in [0.717, 1.165) is 6.20 Å². The van der Waals surface area contributed by atoms with Crippen LogP contribution in [0.1, 0.15) is 0 Å². The van der Waals surface area contributed by atoms with Gasteiger partial charge in [-0.25, -0.2) is 14.4 Å². The Bertz CT molecular complexity index is 847. The summed E-state index contributed by atoms with van der Waals surface area (Å²) in [5.41, 5.74) is 5.68. The van der Waals surface area contributed by atoms with Gasteiger partial charge in [-0.3, -0.25) is 4.79 Å². The predicted molar refractivity (Wildman–Crippen MR) is 71.0 cm³/mol. The van der Waals surface area contributed by atoms with Crippen molar-refractivity contribution in [2.45, 2.75) is 0 Å². The number of pyridine rings is 1. The fourth-order valence-corrected chi connectivity index (χ4v) is 1.73. The minimum atomic E-state index is -0.651. The van der Waals surface area contributed by atoms with Crippen LogP contribution in [0.15, 0.2) is 41.5 Å². The number of nitrogens with one attached hydrogen (secondary N) is 1. The first kappa shape index (κ1) is 12.1. The van der Waals surface area contributed by atoms with Crippen molar-refractivity contribution in [1.29, 1.82) is 0 Å². The molecule has 6 nitrogen and oxygen atoms in total. The fourth-order valence-electron chi connectivity index (χ4n) is 1.73. The standard InChI is InChI=1S/C13H9FN4O2/c14-11-7(15)2-1-3-8(11)20-9-4-5-16-13-12(9)17-6-10(19)18-13/h1-6H,15H2,(H,16,18,19). The van der Waals surface area contributed by atoms with Gasteiger partial charge in [0.05, 0.1) is 11.9 Å². The monoisotopic (exact) mass is 272 g/mol. The van der Waals surface area contributed by atoms with Gasteiger partial charge < -0.3 is 15.5 Å². The van der Waals surface area contributed by atoms with Crippen molar-refractivity contribution in [2.75, 3.05) is 5.73 Å². The molecule has 3 N–H and O–H groups in total. The Kier molecular flexibility index (Phi) is 2.79. The van der Waals surface area contributed by atoms with Gasteiger partial charge in [-0.05, 0) is 12.1 Å². The molecule has 0 aliphatic carbocycles. The molecule has 2 heterocycles. The summed E-state index contributed by atoms with van der Waals surface area (Å²) >= 11 is 0. The van der Waals surface area contributed by atoms with Gasteiger partial charge in [0.25, 0.3) is 5.56 Å². The lowest BCUT2D eigenvalue weighted by molar-refractivity contribution is 0.447. The van der Waals surface area contributed by atoms with E-state index in [9.17, 15) is 9.18 Å². The van der Waals surface area contributed by atoms with Gasteiger partial charge in [-0.1, -0.05) is 6.07 Å². The maximum Gasteiger partial charge on any atom is 0.268 e. The first-order valence-corrected chi connectivity index (χ1v) is 5.71. The van der Waals surface area contributed by atoms with Crippen LogP contribution < -0.4 is 16.0 Å². The molecule has 0 atom stereocenters. The smallest absolute Gasteiger partial charge is 0.268 e. The summed E-state index contributed by atoms with van der Waals surface area (Å²) in [6.45, 7) is 0. The number of nitrogens with zero attached hydrogens (tertiary/aromatic N) is 2. The number of benzene rings is 1. The van der Waals surface area contributed by atoms with E-state index in [0.29, 0.717) is 5.52 Å². The number of nitrogen functional groups attached to an aromatic ring is 1. The number of hydrogen-bond donors (Lipinski definition) is 2. The fraction of sp³-hybridized carbons (Fsp3) is 0. The molecule has 7 heteroatoms. The molecule has 0 unspecified atom stereocenters. The van der Waals surface area contributed by atoms with Crippen LogP contribution in [0.4, 0.5) is 10.1 Å². The Morgan fingerprint density at radius 3 is 2.90 bits per heavy atom. The number of fused-ring (bicyclic) bond motifs is 1. The van der Waals surface area contributed by atoms with E-state index in [1.165, 1.54) is 24.4 Å². The summed E-state index contributed by atoms with van der Waals surface area (Å²) in [7, 11) is 0. The molecular weight excluding hydrogens is 263 g/mol. The molecule has 0 aliphatic heterocycles. The van der Waals surface area contributed by atoms with Crippen molar-refractivity contribution < 1.29 is 9.13 Å². The molecule has 3 rings (SSSR count). The molecule has 0 aliphatic rings. The Balaban J connectivity index is 2.11. The zero-order valence-electron chi connectivity index (χ0n) is 10.1. The molecule has 2 aromatic heterocycles. The number of hydrogen-bond acceptors (Lipinski definition) is 5. The second-order valence-electron chi connectivity index (χ2n) is 4.02. The van der Waals surface area contributed by atoms with E-state index >= 15 is 0 Å². The highest BCUT2D eigenvalue weighted by atomic mass is 19.1. The number of aromatic amines is 1. The molecule has 3 aromatic rings. The molecule has 0 bridgehead atoms. The van der Waals surface area contributed by atoms with Gasteiger partial charge in [-0.15, -0.1) is 0 Å². The summed E-state index contributed by atoms with van der Waals surface area (Å²) in [5, 5.41) is 0. The highest BCUT2D eigenvalue weighted by molar-refractivity contribution is 5.77. The van der Waals surface area contributed by atoms with Crippen LogP contribution in [0.5, 0.6) is 11.5 Å². The lowest BCUT2D eigenvalue weighted by Gasteiger charge is -2.09. The number of rotatable bonds is 2. The number of ether oxygens (including phenoxy) is 1. The Morgan fingerprint density at radius 2 is 2.05 bits per heavy atom. The number of anilines is 1. The van der Waals surface area contributed by atoms with E-state index in [-0.39, 0.29) is 28.4 Å². The summed E-state index contributed by atoms with van der Waals surface area (Å²) < 4.78 is 19.3. The Hall–Kier alpha value is -2.96. The maximum atomic E-state index is 13.8. The van der Waals surface area contributed by atoms with E-state index < -0.39 is 5.82 Å².